The Kier molecular flexibility index (Phi) is 3.42. The average Bonchev–Trinajstić information content (AvgIpc) is 2.75. The quantitative estimate of drug-likeness (QED) is 0.738. The summed E-state index contributed by atoms with van der Waals surface area (Å²) in [5, 5.41) is 3.56. The van der Waals surface area contributed by atoms with E-state index in [1.807, 2.05) is 6.07 Å². The van der Waals surface area contributed by atoms with Crippen LogP contribution in [0, 0.1) is 18.3 Å². The van der Waals surface area contributed by atoms with Crippen LogP contribution in [0.3, 0.4) is 0 Å². The number of benzene rings is 1. The molecule has 1 heteroatoms. The van der Waals surface area contributed by atoms with Crippen LogP contribution < -0.4 is 5.32 Å². The summed E-state index contributed by atoms with van der Waals surface area (Å²) in [6.45, 7) is 0.934. The van der Waals surface area contributed by atoms with Crippen LogP contribution in [-0.4, -0.2) is 6.04 Å². The van der Waals surface area contributed by atoms with E-state index in [0.29, 0.717) is 12.0 Å². The summed E-state index contributed by atoms with van der Waals surface area (Å²) >= 11 is 0. The highest BCUT2D eigenvalue weighted by Gasteiger charge is 2.24. The first kappa shape index (κ1) is 10.3. The van der Waals surface area contributed by atoms with Crippen molar-refractivity contribution in [3.05, 3.63) is 35.9 Å². The molecule has 0 heterocycles. The van der Waals surface area contributed by atoms with Crippen LogP contribution in [0.4, 0.5) is 0 Å². The fraction of sp³-hybridized carbons (Fsp3) is 0.429. The summed E-state index contributed by atoms with van der Waals surface area (Å²) in [6.07, 6.45) is 9.18. The van der Waals surface area contributed by atoms with Gasteiger partial charge in [-0.25, -0.2) is 0 Å². The highest BCUT2D eigenvalue weighted by molar-refractivity contribution is 5.14. The summed E-state index contributed by atoms with van der Waals surface area (Å²) in [7, 11) is 0. The molecular weight excluding hydrogens is 182 g/mol. The second-order valence-electron chi connectivity index (χ2n) is 4.18. The van der Waals surface area contributed by atoms with E-state index < -0.39 is 0 Å². The molecule has 15 heavy (non-hydrogen) atoms. The Morgan fingerprint density at radius 3 is 2.80 bits per heavy atom. The minimum absolute atomic E-state index is 0.439. The van der Waals surface area contributed by atoms with Gasteiger partial charge in [-0.1, -0.05) is 36.8 Å². The van der Waals surface area contributed by atoms with Gasteiger partial charge in [0.25, 0.3) is 0 Å². The predicted octanol–water partition coefficient (Wildman–Crippen LogP) is 2.58. The van der Waals surface area contributed by atoms with E-state index in [2.05, 4.69) is 35.5 Å². The minimum atomic E-state index is 0.439. The standard InChI is InChI=1S/C14H17N/c1-2-13-9-6-10-14(13)15-11-12-7-4-3-5-8-12/h1,3-5,7-8,13-15H,6,9-11H2/t13-,14+/m0/s1. The third kappa shape index (κ3) is 2.61. The van der Waals surface area contributed by atoms with Crippen molar-refractivity contribution in [1.29, 1.82) is 0 Å². The zero-order valence-corrected chi connectivity index (χ0v) is 8.95. The molecule has 0 unspecified atom stereocenters. The van der Waals surface area contributed by atoms with Crippen LogP contribution in [0.1, 0.15) is 24.8 Å². The average molecular weight is 199 g/mol. The van der Waals surface area contributed by atoms with Crippen molar-refractivity contribution >= 4 is 0 Å². The van der Waals surface area contributed by atoms with Crippen molar-refractivity contribution in [3.8, 4) is 12.3 Å². The van der Waals surface area contributed by atoms with E-state index in [1.54, 1.807) is 0 Å². The van der Waals surface area contributed by atoms with Gasteiger partial charge in [-0.15, -0.1) is 12.3 Å². The van der Waals surface area contributed by atoms with Crippen molar-refractivity contribution in [2.75, 3.05) is 0 Å². The summed E-state index contributed by atoms with van der Waals surface area (Å²) < 4.78 is 0. The van der Waals surface area contributed by atoms with Crippen molar-refractivity contribution in [3.63, 3.8) is 0 Å². The van der Waals surface area contributed by atoms with Crippen LogP contribution in [-0.2, 0) is 6.54 Å². The molecule has 2 atom stereocenters. The minimum Gasteiger partial charge on any atom is -0.309 e. The Balaban J connectivity index is 1.86. The summed E-state index contributed by atoms with van der Waals surface area (Å²) in [4.78, 5) is 0. The van der Waals surface area contributed by atoms with Crippen molar-refractivity contribution in [2.24, 2.45) is 5.92 Å². The highest BCUT2D eigenvalue weighted by Crippen LogP contribution is 2.24. The summed E-state index contributed by atoms with van der Waals surface area (Å²) in [6, 6.07) is 11.0. The maximum atomic E-state index is 5.50. The van der Waals surface area contributed by atoms with Gasteiger partial charge in [0.2, 0.25) is 0 Å². The lowest BCUT2D eigenvalue weighted by Gasteiger charge is -2.16. The fourth-order valence-corrected chi connectivity index (χ4v) is 2.25. The first-order valence-corrected chi connectivity index (χ1v) is 5.63. The molecule has 0 bridgehead atoms. The number of hydrogen-bond acceptors (Lipinski definition) is 1. The van der Waals surface area contributed by atoms with E-state index in [-0.39, 0.29) is 0 Å². The molecule has 78 valence electrons. The monoisotopic (exact) mass is 199 g/mol. The lowest BCUT2D eigenvalue weighted by molar-refractivity contribution is 0.468. The molecule has 0 spiro atoms. The highest BCUT2D eigenvalue weighted by atomic mass is 14.9. The second-order valence-corrected chi connectivity index (χ2v) is 4.18. The lowest BCUT2D eigenvalue weighted by Crippen LogP contribution is -2.31. The Labute approximate surface area is 91.9 Å². The van der Waals surface area contributed by atoms with E-state index >= 15 is 0 Å². The molecule has 1 aliphatic carbocycles. The van der Waals surface area contributed by atoms with Gasteiger partial charge in [0, 0.05) is 18.5 Å². The molecule has 1 aliphatic rings. The topological polar surface area (TPSA) is 12.0 Å². The Bertz CT molecular complexity index is 336. The molecule has 0 aromatic heterocycles. The van der Waals surface area contributed by atoms with E-state index in [0.717, 1.165) is 6.54 Å². The first-order chi connectivity index (χ1) is 7.40. The van der Waals surface area contributed by atoms with Crippen molar-refractivity contribution in [1.82, 2.24) is 5.32 Å². The maximum Gasteiger partial charge on any atom is 0.0353 e. The zero-order valence-electron chi connectivity index (χ0n) is 8.95. The maximum absolute atomic E-state index is 5.50. The van der Waals surface area contributed by atoms with Crippen molar-refractivity contribution < 1.29 is 0 Å². The van der Waals surface area contributed by atoms with E-state index in [1.165, 1.54) is 24.8 Å². The molecule has 1 N–H and O–H groups in total. The molecular formula is C14H17N. The molecule has 0 radical (unpaired) electrons. The number of rotatable bonds is 3. The molecule has 1 aromatic rings. The first-order valence-electron chi connectivity index (χ1n) is 5.63. The van der Waals surface area contributed by atoms with Gasteiger partial charge < -0.3 is 5.32 Å². The number of nitrogens with one attached hydrogen (secondary N) is 1. The SMILES string of the molecule is C#C[C@H]1CCC[C@H]1NCc1ccccc1. The normalized spacial score (nSPS) is 25.0. The van der Waals surface area contributed by atoms with Gasteiger partial charge in [0.05, 0.1) is 0 Å². The van der Waals surface area contributed by atoms with Gasteiger partial charge in [0.15, 0.2) is 0 Å². The Morgan fingerprint density at radius 1 is 1.27 bits per heavy atom. The Hall–Kier alpha value is -1.26. The summed E-state index contributed by atoms with van der Waals surface area (Å²) in [5.41, 5.74) is 1.33. The molecule has 1 saturated carbocycles. The molecule has 1 fully saturated rings. The van der Waals surface area contributed by atoms with Crippen LogP contribution in [0.25, 0.3) is 0 Å². The molecule has 2 rings (SSSR count). The number of terminal acetylenes is 1. The largest absolute Gasteiger partial charge is 0.309 e. The molecule has 1 aromatic carbocycles. The third-order valence-corrected chi connectivity index (χ3v) is 3.14. The van der Waals surface area contributed by atoms with Crippen LogP contribution in [0.5, 0.6) is 0 Å². The lowest BCUT2D eigenvalue weighted by atomic mass is 10.0. The predicted molar refractivity (Wildman–Crippen MR) is 63.2 cm³/mol. The van der Waals surface area contributed by atoms with Crippen molar-refractivity contribution in [2.45, 2.75) is 31.8 Å². The fourth-order valence-electron chi connectivity index (χ4n) is 2.25. The van der Waals surface area contributed by atoms with Gasteiger partial charge in [-0.2, -0.15) is 0 Å². The Morgan fingerprint density at radius 2 is 2.07 bits per heavy atom. The van der Waals surface area contributed by atoms with Gasteiger partial charge in [-0.05, 0) is 18.4 Å². The number of hydrogen-bond donors (Lipinski definition) is 1. The second kappa shape index (κ2) is 5.00. The van der Waals surface area contributed by atoms with E-state index in [4.69, 9.17) is 6.42 Å². The van der Waals surface area contributed by atoms with Gasteiger partial charge >= 0.3 is 0 Å². The zero-order chi connectivity index (χ0) is 10.5. The van der Waals surface area contributed by atoms with Crippen LogP contribution in [0.15, 0.2) is 30.3 Å². The van der Waals surface area contributed by atoms with Gasteiger partial charge in [-0.3, -0.25) is 0 Å². The third-order valence-electron chi connectivity index (χ3n) is 3.14. The van der Waals surface area contributed by atoms with E-state index in [9.17, 15) is 0 Å². The molecule has 0 amide bonds. The molecule has 0 aliphatic heterocycles. The van der Waals surface area contributed by atoms with Crippen LogP contribution >= 0.6 is 0 Å². The smallest absolute Gasteiger partial charge is 0.0353 e. The van der Waals surface area contributed by atoms with Crippen LogP contribution in [0.2, 0.25) is 0 Å². The molecule has 1 nitrogen and oxygen atoms in total. The van der Waals surface area contributed by atoms with Gasteiger partial charge in [0.1, 0.15) is 0 Å². The summed E-state index contributed by atoms with van der Waals surface area (Å²) in [5.74, 6) is 3.33. The molecule has 0 saturated heterocycles.